The molecule has 2 aliphatic rings. The molecule has 0 bridgehead atoms. The van der Waals surface area contributed by atoms with E-state index in [0.717, 1.165) is 6.42 Å². The molecule has 5 nitrogen and oxygen atoms in total. The monoisotopic (exact) mass is 266 g/mol. The van der Waals surface area contributed by atoms with Crippen molar-refractivity contribution in [2.24, 2.45) is 0 Å². The molecule has 3 rings (SSSR count). The third-order valence-corrected chi connectivity index (χ3v) is 3.74. The maximum Gasteiger partial charge on any atom is 0.257 e. The van der Waals surface area contributed by atoms with E-state index in [0.29, 0.717) is 30.0 Å². The lowest BCUT2D eigenvalue weighted by Crippen LogP contribution is -2.23. The number of ether oxygens (including phenoxy) is 1. The number of hydrogen-bond donors (Lipinski definition) is 2. The second-order valence-electron chi connectivity index (χ2n) is 4.88. The molecule has 0 radical (unpaired) electrons. The van der Waals surface area contributed by atoms with Crippen LogP contribution in [0.4, 0.5) is 15.8 Å². The second-order valence-corrected chi connectivity index (χ2v) is 4.88. The van der Waals surface area contributed by atoms with Crippen molar-refractivity contribution in [2.45, 2.75) is 18.6 Å². The highest BCUT2D eigenvalue weighted by Crippen LogP contribution is 2.36. The Kier molecular flexibility index (Phi) is 2.91. The van der Waals surface area contributed by atoms with Gasteiger partial charge < -0.3 is 20.1 Å². The molecule has 1 fully saturated rings. The van der Waals surface area contributed by atoms with Crippen LogP contribution in [0.3, 0.4) is 0 Å². The van der Waals surface area contributed by atoms with E-state index in [2.05, 4.69) is 5.32 Å². The molecule has 0 spiro atoms. The van der Waals surface area contributed by atoms with E-state index in [4.69, 9.17) is 4.74 Å². The van der Waals surface area contributed by atoms with E-state index in [1.807, 2.05) is 4.90 Å². The largest absolute Gasteiger partial charge is 0.380 e. The third kappa shape index (κ3) is 1.97. The zero-order chi connectivity index (χ0) is 13.6. The Balaban J connectivity index is 1.92. The quantitative estimate of drug-likeness (QED) is 0.839. The van der Waals surface area contributed by atoms with Gasteiger partial charge in [-0.1, -0.05) is 0 Å². The Morgan fingerprint density at radius 2 is 2.32 bits per heavy atom. The molecule has 1 aromatic carbocycles. The van der Waals surface area contributed by atoms with Crippen LogP contribution in [0.5, 0.6) is 0 Å². The number of carbonyl (C=O) groups is 1. The van der Waals surface area contributed by atoms with E-state index >= 15 is 0 Å². The number of rotatable bonds is 2. The molecule has 2 heterocycles. The van der Waals surface area contributed by atoms with Gasteiger partial charge in [-0.05, 0) is 18.6 Å². The number of anilines is 2. The smallest absolute Gasteiger partial charge is 0.257 e. The Morgan fingerprint density at radius 3 is 3.00 bits per heavy atom. The van der Waals surface area contributed by atoms with Crippen LogP contribution in [0, 0.1) is 5.82 Å². The van der Waals surface area contributed by atoms with Crippen molar-refractivity contribution in [3.8, 4) is 0 Å². The van der Waals surface area contributed by atoms with Crippen molar-refractivity contribution in [3.63, 3.8) is 0 Å². The van der Waals surface area contributed by atoms with Gasteiger partial charge in [-0.15, -0.1) is 0 Å². The number of carbonyl (C=O) groups excluding carboxylic acids is 1. The summed E-state index contributed by atoms with van der Waals surface area (Å²) in [7, 11) is 1.64. The molecule has 1 amide bonds. The molecule has 0 aliphatic carbocycles. The first kappa shape index (κ1) is 12.4. The highest BCUT2D eigenvalue weighted by molar-refractivity contribution is 6.02. The number of hydrogen-bond acceptors (Lipinski definition) is 4. The molecule has 19 heavy (non-hydrogen) atoms. The van der Waals surface area contributed by atoms with Gasteiger partial charge in [0.25, 0.3) is 5.91 Å². The number of aliphatic hydroxyl groups is 1. The van der Waals surface area contributed by atoms with Gasteiger partial charge >= 0.3 is 0 Å². The van der Waals surface area contributed by atoms with Crippen LogP contribution in [0.15, 0.2) is 12.1 Å². The summed E-state index contributed by atoms with van der Waals surface area (Å²) in [4.78, 5) is 13.2. The summed E-state index contributed by atoms with van der Waals surface area (Å²) in [6.45, 7) is 1.34. The highest BCUT2D eigenvalue weighted by Gasteiger charge is 2.32. The first-order valence-corrected chi connectivity index (χ1v) is 6.20. The maximum atomic E-state index is 14.1. The number of halogens is 1. The van der Waals surface area contributed by atoms with Crippen molar-refractivity contribution >= 4 is 17.3 Å². The summed E-state index contributed by atoms with van der Waals surface area (Å²) >= 11 is 0. The van der Waals surface area contributed by atoms with Crippen molar-refractivity contribution in [1.29, 1.82) is 0 Å². The number of benzene rings is 1. The predicted octanol–water partition coefficient (Wildman–Crippen LogP) is 1.04. The Bertz CT molecular complexity index is 535. The van der Waals surface area contributed by atoms with Crippen LogP contribution in [0.1, 0.15) is 18.1 Å². The molecular formula is C13H15FN2O3. The zero-order valence-electron chi connectivity index (χ0n) is 10.5. The molecule has 0 aromatic heterocycles. The minimum absolute atomic E-state index is 0.104. The summed E-state index contributed by atoms with van der Waals surface area (Å²) in [5.41, 5.74) is 1.22. The van der Waals surface area contributed by atoms with E-state index in [-0.39, 0.29) is 6.10 Å². The molecular weight excluding hydrogens is 251 g/mol. The molecule has 1 aromatic rings. The SMILES string of the molecule is COC1CCN(c2cc3c(cc2F)C(O)C(=O)N3)C1. The van der Waals surface area contributed by atoms with Gasteiger partial charge in [-0.2, -0.15) is 0 Å². The number of fused-ring (bicyclic) bond motifs is 1. The van der Waals surface area contributed by atoms with Crippen LogP contribution in [-0.2, 0) is 9.53 Å². The highest BCUT2D eigenvalue weighted by atomic mass is 19.1. The Morgan fingerprint density at radius 1 is 1.53 bits per heavy atom. The summed E-state index contributed by atoms with van der Waals surface area (Å²) in [5, 5.41) is 12.1. The van der Waals surface area contributed by atoms with Gasteiger partial charge in [0.15, 0.2) is 6.10 Å². The molecule has 2 aliphatic heterocycles. The first-order valence-electron chi connectivity index (χ1n) is 6.20. The van der Waals surface area contributed by atoms with E-state index in [1.165, 1.54) is 6.07 Å². The topological polar surface area (TPSA) is 61.8 Å². The number of methoxy groups -OCH3 is 1. The summed E-state index contributed by atoms with van der Waals surface area (Å²) < 4.78 is 19.4. The molecule has 1 saturated heterocycles. The van der Waals surface area contributed by atoms with Gasteiger partial charge in [-0.25, -0.2) is 4.39 Å². The Labute approximate surface area is 110 Å². The van der Waals surface area contributed by atoms with Gasteiger partial charge in [0.05, 0.1) is 11.8 Å². The molecule has 2 atom stereocenters. The lowest BCUT2D eigenvalue weighted by Gasteiger charge is -2.20. The van der Waals surface area contributed by atoms with Crippen molar-refractivity contribution in [3.05, 3.63) is 23.5 Å². The molecule has 2 N–H and O–H groups in total. The second kappa shape index (κ2) is 4.47. The predicted molar refractivity (Wildman–Crippen MR) is 67.6 cm³/mol. The minimum Gasteiger partial charge on any atom is -0.380 e. The van der Waals surface area contributed by atoms with Crippen LogP contribution in [0.25, 0.3) is 0 Å². The van der Waals surface area contributed by atoms with E-state index < -0.39 is 17.8 Å². The average molecular weight is 266 g/mol. The zero-order valence-corrected chi connectivity index (χ0v) is 10.5. The fraction of sp³-hybridized carbons (Fsp3) is 0.462. The standard InChI is InChI=1S/C13H15FN2O3/c1-19-7-2-3-16(6-7)11-5-10-8(4-9(11)14)12(17)13(18)15-10/h4-5,7,12,17H,2-3,6H2,1H3,(H,15,18). The normalized spacial score (nSPS) is 25.6. The lowest BCUT2D eigenvalue weighted by molar-refractivity contribution is -0.123. The molecule has 102 valence electrons. The number of nitrogens with one attached hydrogen (secondary N) is 1. The van der Waals surface area contributed by atoms with Crippen molar-refractivity contribution in [2.75, 3.05) is 30.4 Å². The molecule has 0 saturated carbocycles. The fourth-order valence-electron chi connectivity index (χ4n) is 2.64. The third-order valence-electron chi connectivity index (χ3n) is 3.74. The van der Waals surface area contributed by atoms with Crippen LogP contribution in [-0.4, -0.2) is 37.3 Å². The van der Waals surface area contributed by atoms with Gasteiger partial charge in [0, 0.05) is 31.5 Å². The first-order chi connectivity index (χ1) is 9.10. The Hall–Kier alpha value is -1.66. The van der Waals surface area contributed by atoms with Gasteiger partial charge in [-0.3, -0.25) is 4.79 Å². The van der Waals surface area contributed by atoms with E-state index in [1.54, 1.807) is 13.2 Å². The van der Waals surface area contributed by atoms with Crippen LogP contribution >= 0.6 is 0 Å². The maximum absolute atomic E-state index is 14.1. The summed E-state index contributed by atoms with van der Waals surface area (Å²) in [6, 6.07) is 2.81. The van der Waals surface area contributed by atoms with E-state index in [9.17, 15) is 14.3 Å². The van der Waals surface area contributed by atoms with Crippen LogP contribution in [0.2, 0.25) is 0 Å². The average Bonchev–Trinajstić information content (AvgIpc) is 2.96. The summed E-state index contributed by atoms with van der Waals surface area (Å²) in [5.74, 6) is -0.936. The van der Waals surface area contributed by atoms with Gasteiger partial charge in [0.2, 0.25) is 0 Å². The number of amides is 1. The lowest BCUT2D eigenvalue weighted by atomic mass is 10.1. The minimum atomic E-state index is -1.27. The number of nitrogens with zero attached hydrogens (tertiary/aromatic N) is 1. The van der Waals surface area contributed by atoms with Gasteiger partial charge in [0.1, 0.15) is 5.82 Å². The fourth-order valence-corrected chi connectivity index (χ4v) is 2.64. The van der Waals surface area contributed by atoms with Crippen LogP contribution < -0.4 is 10.2 Å². The number of aliphatic hydroxyl groups excluding tert-OH is 1. The van der Waals surface area contributed by atoms with Crippen molar-refractivity contribution in [1.82, 2.24) is 0 Å². The molecule has 6 heteroatoms. The molecule has 2 unspecified atom stereocenters. The van der Waals surface area contributed by atoms with Crippen molar-refractivity contribution < 1.29 is 19.0 Å². The summed E-state index contributed by atoms with van der Waals surface area (Å²) in [6.07, 6.45) is -0.321.